The number of nitrogens with zero attached hydrogens (tertiary/aromatic N) is 5. The number of rotatable bonds is 8. The van der Waals surface area contributed by atoms with Crippen molar-refractivity contribution >= 4 is 50.8 Å². The van der Waals surface area contributed by atoms with Crippen LogP contribution in [0.3, 0.4) is 0 Å². The van der Waals surface area contributed by atoms with Crippen molar-refractivity contribution in [3.8, 4) is 6.07 Å². The van der Waals surface area contributed by atoms with Crippen LogP contribution in [0.5, 0.6) is 0 Å². The molecule has 0 spiro atoms. The molecule has 0 unspecified atom stereocenters. The Hall–Kier alpha value is -3.74. The van der Waals surface area contributed by atoms with Gasteiger partial charge in [-0.15, -0.1) is 0 Å². The molecule has 8 nitrogen and oxygen atoms in total. The van der Waals surface area contributed by atoms with Gasteiger partial charge in [0.05, 0.1) is 22.7 Å². The van der Waals surface area contributed by atoms with E-state index in [0.29, 0.717) is 43.2 Å². The number of fused-ring (bicyclic) bond motifs is 3. The number of nitrogen functional groups attached to an aromatic ring is 1. The Kier molecular flexibility index (Phi) is 6.68. The standard InChI is InChI=1S/C24H25N7OS/c1-2-32-15-20-29-21-22(18-9-3-4-10-19(18)28-23(21)26)31(20)12-6-11-30(24(27)33)17-8-5-7-16(13-17)14-25/h3-5,7-10,13H,2,6,11-12,15H2,1H3,(H2,26,28)(H2,27,33). The van der Waals surface area contributed by atoms with Crippen LogP contribution in [0.1, 0.15) is 24.7 Å². The molecule has 2 heterocycles. The summed E-state index contributed by atoms with van der Waals surface area (Å²) in [6.07, 6.45) is 0.731. The lowest BCUT2D eigenvalue weighted by atomic mass is 10.2. The number of pyridine rings is 1. The van der Waals surface area contributed by atoms with Gasteiger partial charge < -0.3 is 25.7 Å². The largest absolute Gasteiger partial charge is 0.382 e. The molecule has 9 heteroatoms. The van der Waals surface area contributed by atoms with Crippen LogP contribution in [0, 0.1) is 11.3 Å². The number of benzene rings is 2. The van der Waals surface area contributed by atoms with Crippen molar-refractivity contribution in [1.82, 2.24) is 14.5 Å². The van der Waals surface area contributed by atoms with Gasteiger partial charge >= 0.3 is 0 Å². The second-order valence-electron chi connectivity index (χ2n) is 7.53. The molecule has 0 aliphatic carbocycles. The number of imidazole rings is 1. The van der Waals surface area contributed by atoms with E-state index in [2.05, 4.69) is 15.6 Å². The van der Waals surface area contributed by atoms with Crippen molar-refractivity contribution in [2.24, 2.45) is 5.73 Å². The van der Waals surface area contributed by atoms with Crippen molar-refractivity contribution in [3.63, 3.8) is 0 Å². The quantitative estimate of drug-likeness (QED) is 0.383. The molecular weight excluding hydrogens is 434 g/mol. The van der Waals surface area contributed by atoms with E-state index >= 15 is 0 Å². The fraction of sp³-hybridized carbons (Fsp3) is 0.250. The monoisotopic (exact) mass is 459 g/mol. The third-order valence-corrected chi connectivity index (χ3v) is 5.66. The molecule has 0 amide bonds. The smallest absolute Gasteiger partial charge is 0.170 e. The van der Waals surface area contributed by atoms with Crippen molar-refractivity contribution in [1.29, 1.82) is 5.26 Å². The van der Waals surface area contributed by atoms with Gasteiger partial charge in [0.25, 0.3) is 0 Å². The lowest BCUT2D eigenvalue weighted by Crippen LogP contribution is -2.36. The Labute approximate surface area is 197 Å². The molecule has 4 aromatic rings. The molecule has 4 N–H and O–H groups in total. The van der Waals surface area contributed by atoms with Crippen molar-refractivity contribution in [2.45, 2.75) is 26.5 Å². The molecule has 0 aliphatic rings. The van der Waals surface area contributed by atoms with Gasteiger partial charge in [0.15, 0.2) is 10.9 Å². The minimum Gasteiger partial charge on any atom is -0.382 e. The Morgan fingerprint density at radius 2 is 2.03 bits per heavy atom. The van der Waals surface area contributed by atoms with Crippen LogP contribution in [0.2, 0.25) is 0 Å². The molecule has 4 rings (SSSR count). The van der Waals surface area contributed by atoms with Gasteiger partial charge in [0, 0.05) is 30.8 Å². The van der Waals surface area contributed by atoms with Crippen LogP contribution in [0.15, 0.2) is 48.5 Å². The van der Waals surface area contributed by atoms with Gasteiger partial charge in [-0.2, -0.15) is 5.26 Å². The maximum atomic E-state index is 9.22. The third kappa shape index (κ3) is 4.58. The average molecular weight is 460 g/mol. The first-order valence-corrected chi connectivity index (χ1v) is 11.1. The number of nitriles is 1. The summed E-state index contributed by atoms with van der Waals surface area (Å²) in [5, 5.41) is 10.5. The number of anilines is 2. The van der Waals surface area contributed by atoms with Gasteiger partial charge in [0.1, 0.15) is 17.9 Å². The minimum absolute atomic E-state index is 0.258. The summed E-state index contributed by atoms with van der Waals surface area (Å²) in [5.41, 5.74) is 16.1. The highest BCUT2D eigenvalue weighted by Crippen LogP contribution is 2.29. The maximum Gasteiger partial charge on any atom is 0.170 e. The summed E-state index contributed by atoms with van der Waals surface area (Å²) in [7, 11) is 0. The first-order valence-electron chi connectivity index (χ1n) is 10.7. The molecule has 0 atom stereocenters. The van der Waals surface area contributed by atoms with Crippen molar-refractivity contribution in [3.05, 3.63) is 59.9 Å². The number of nitrogens with two attached hydrogens (primary N) is 2. The zero-order chi connectivity index (χ0) is 23.4. The molecule has 0 fully saturated rings. The normalized spacial score (nSPS) is 11.0. The highest BCUT2D eigenvalue weighted by Gasteiger charge is 2.18. The highest BCUT2D eigenvalue weighted by atomic mass is 32.1. The molecule has 0 bridgehead atoms. The first kappa shape index (κ1) is 22.5. The fourth-order valence-corrected chi connectivity index (χ4v) is 4.14. The summed E-state index contributed by atoms with van der Waals surface area (Å²) in [4.78, 5) is 11.1. The summed E-state index contributed by atoms with van der Waals surface area (Å²) >= 11 is 5.29. The van der Waals surface area contributed by atoms with Crippen LogP contribution in [-0.4, -0.2) is 32.8 Å². The summed E-state index contributed by atoms with van der Waals surface area (Å²) in [5.74, 6) is 1.20. The summed E-state index contributed by atoms with van der Waals surface area (Å²) < 4.78 is 7.82. The molecule has 0 radical (unpaired) electrons. The number of hydrogen-bond acceptors (Lipinski definition) is 6. The maximum absolute atomic E-state index is 9.22. The summed E-state index contributed by atoms with van der Waals surface area (Å²) in [6, 6.07) is 17.3. The van der Waals surface area contributed by atoms with E-state index in [4.69, 9.17) is 33.4 Å². The number of para-hydroxylation sites is 1. The SMILES string of the molecule is CCOCc1nc2c(N)nc3ccccc3c2n1CCCN(C(N)=S)c1cccc(C#N)c1. The van der Waals surface area contributed by atoms with Gasteiger partial charge in [-0.1, -0.05) is 24.3 Å². The van der Waals surface area contributed by atoms with Gasteiger partial charge in [-0.3, -0.25) is 0 Å². The molecular formula is C24H25N7OS. The second-order valence-corrected chi connectivity index (χ2v) is 7.95. The molecule has 2 aromatic heterocycles. The molecule has 168 valence electrons. The van der Waals surface area contributed by atoms with Gasteiger partial charge in [-0.25, -0.2) is 9.97 Å². The lowest BCUT2D eigenvalue weighted by molar-refractivity contribution is 0.126. The number of aromatic nitrogens is 3. The van der Waals surface area contributed by atoms with E-state index in [1.54, 1.807) is 12.1 Å². The molecule has 0 aliphatic heterocycles. The minimum atomic E-state index is 0.258. The van der Waals surface area contributed by atoms with Crippen molar-refractivity contribution < 1.29 is 4.74 Å². The fourth-order valence-electron chi connectivity index (χ4n) is 3.95. The number of ether oxygens (including phenoxy) is 1. The summed E-state index contributed by atoms with van der Waals surface area (Å²) in [6.45, 7) is 4.15. The van der Waals surface area contributed by atoms with Crippen LogP contribution >= 0.6 is 12.2 Å². The predicted molar refractivity (Wildman–Crippen MR) is 135 cm³/mol. The Morgan fingerprint density at radius 1 is 1.21 bits per heavy atom. The second kappa shape index (κ2) is 9.81. The Balaban J connectivity index is 1.68. The number of aryl methyl sites for hydroxylation is 1. The molecule has 2 aromatic carbocycles. The number of hydrogen-bond donors (Lipinski definition) is 2. The highest BCUT2D eigenvalue weighted by molar-refractivity contribution is 7.80. The number of thiocarbonyl (C=S) groups is 1. The van der Waals surface area contributed by atoms with E-state index in [-0.39, 0.29) is 5.11 Å². The zero-order valence-electron chi connectivity index (χ0n) is 18.4. The zero-order valence-corrected chi connectivity index (χ0v) is 19.2. The average Bonchev–Trinajstić information content (AvgIpc) is 3.19. The Morgan fingerprint density at radius 3 is 2.79 bits per heavy atom. The molecule has 0 saturated heterocycles. The van der Waals surface area contributed by atoms with Crippen molar-refractivity contribution in [2.75, 3.05) is 23.8 Å². The van der Waals surface area contributed by atoms with E-state index in [1.807, 2.05) is 48.2 Å². The van der Waals surface area contributed by atoms with E-state index in [9.17, 15) is 5.26 Å². The Bertz CT molecular complexity index is 1360. The van der Waals surface area contributed by atoms with E-state index in [1.165, 1.54) is 0 Å². The van der Waals surface area contributed by atoms with Crippen LogP contribution in [0.4, 0.5) is 11.5 Å². The third-order valence-electron chi connectivity index (χ3n) is 5.44. The van der Waals surface area contributed by atoms with E-state index < -0.39 is 0 Å². The van der Waals surface area contributed by atoms with E-state index in [0.717, 1.165) is 34.4 Å². The molecule has 0 saturated carbocycles. The van der Waals surface area contributed by atoms with Crippen LogP contribution in [-0.2, 0) is 17.9 Å². The lowest BCUT2D eigenvalue weighted by Gasteiger charge is -2.23. The molecule has 33 heavy (non-hydrogen) atoms. The topological polar surface area (TPSA) is 119 Å². The predicted octanol–water partition coefficient (Wildman–Crippen LogP) is 3.72. The van der Waals surface area contributed by atoms with Crippen LogP contribution < -0.4 is 16.4 Å². The van der Waals surface area contributed by atoms with Gasteiger partial charge in [0.2, 0.25) is 0 Å². The van der Waals surface area contributed by atoms with Gasteiger partial charge in [-0.05, 0) is 49.8 Å². The van der Waals surface area contributed by atoms with Crippen LogP contribution in [0.25, 0.3) is 21.9 Å². The first-order chi connectivity index (χ1) is 16.0.